The molecule has 0 atom stereocenters. The molecule has 7 heteroatoms. The van der Waals surface area contributed by atoms with Crippen LogP contribution in [-0.2, 0) is 0 Å². The predicted molar refractivity (Wildman–Crippen MR) is 62.1 cm³/mol. The lowest BCUT2D eigenvalue weighted by molar-refractivity contribution is -0.387. The third-order valence-corrected chi connectivity index (χ3v) is 2.20. The number of nitro benzene ring substituents is 1. The highest BCUT2D eigenvalue weighted by Crippen LogP contribution is 2.25. The number of nitrogens with zero attached hydrogens (tertiary/aromatic N) is 3. The van der Waals surface area contributed by atoms with Crippen molar-refractivity contribution < 1.29 is 14.1 Å². The predicted octanol–water partition coefficient (Wildman–Crippen LogP) is 2.79. The van der Waals surface area contributed by atoms with Gasteiger partial charge in [-0.15, -0.1) is 0 Å². The zero-order chi connectivity index (χ0) is 13.8. The zero-order valence-electron chi connectivity index (χ0n) is 9.41. The van der Waals surface area contributed by atoms with Gasteiger partial charge in [0.25, 0.3) is 0 Å². The van der Waals surface area contributed by atoms with E-state index in [9.17, 15) is 14.5 Å². The van der Waals surface area contributed by atoms with Gasteiger partial charge in [-0.1, -0.05) is 0 Å². The first kappa shape index (κ1) is 12.4. The number of hydrogen-bond acceptors (Lipinski definition) is 5. The van der Waals surface area contributed by atoms with E-state index < -0.39 is 16.4 Å². The molecule has 0 aliphatic carbocycles. The third-order valence-electron chi connectivity index (χ3n) is 2.20. The monoisotopic (exact) mass is 259 g/mol. The molecule has 0 saturated heterocycles. The van der Waals surface area contributed by atoms with Crippen molar-refractivity contribution >= 4 is 5.69 Å². The number of nitriles is 1. The normalized spacial score (nSPS) is 9.68. The molecule has 0 unspecified atom stereocenters. The van der Waals surface area contributed by atoms with Gasteiger partial charge in [0.2, 0.25) is 11.7 Å². The summed E-state index contributed by atoms with van der Waals surface area (Å²) in [5.74, 6) is -0.836. The molecule has 2 rings (SSSR count). The number of rotatable bonds is 3. The number of ether oxygens (including phenoxy) is 1. The maximum Gasteiger partial charge on any atom is 0.305 e. The van der Waals surface area contributed by atoms with Gasteiger partial charge in [-0.05, 0) is 12.1 Å². The van der Waals surface area contributed by atoms with Crippen LogP contribution in [0.15, 0.2) is 36.5 Å². The number of aromatic nitrogens is 1. The molecular formula is C12H6FN3O3. The average Bonchev–Trinajstić information content (AvgIpc) is 2.38. The second kappa shape index (κ2) is 5.10. The lowest BCUT2D eigenvalue weighted by Gasteiger charge is -2.04. The Labute approximate surface area is 106 Å². The molecule has 6 nitrogen and oxygen atoms in total. The van der Waals surface area contributed by atoms with Crippen LogP contribution >= 0.6 is 0 Å². The maximum atomic E-state index is 13.4. The summed E-state index contributed by atoms with van der Waals surface area (Å²) in [6.45, 7) is 0. The molecule has 94 valence electrons. The van der Waals surface area contributed by atoms with Crippen LogP contribution in [0.25, 0.3) is 0 Å². The summed E-state index contributed by atoms with van der Waals surface area (Å²) in [6.07, 6.45) is 1.37. The number of nitro groups is 1. The van der Waals surface area contributed by atoms with Crippen molar-refractivity contribution in [3.05, 3.63) is 58.0 Å². The topological polar surface area (TPSA) is 89.0 Å². The van der Waals surface area contributed by atoms with Gasteiger partial charge >= 0.3 is 5.69 Å². The summed E-state index contributed by atoms with van der Waals surface area (Å²) >= 11 is 0. The molecule has 0 N–H and O–H groups in total. The molecule has 1 aromatic carbocycles. The molecule has 2 aromatic rings. The van der Waals surface area contributed by atoms with Gasteiger partial charge in [-0.25, -0.2) is 4.98 Å². The summed E-state index contributed by atoms with van der Waals surface area (Å²) < 4.78 is 18.6. The van der Waals surface area contributed by atoms with Crippen LogP contribution in [0.5, 0.6) is 11.6 Å². The van der Waals surface area contributed by atoms with Crippen molar-refractivity contribution in [1.82, 2.24) is 4.98 Å². The van der Waals surface area contributed by atoms with E-state index in [1.54, 1.807) is 0 Å². The first-order valence-electron chi connectivity index (χ1n) is 5.08. The Hall–Kier alpha value is -3.01. The van der Waals surface area contributed by atoms with Crippen molar-refractivity contribution in [2.45, 2.75) is 0 Å². The molecule has 0 radical (unpaired) electrons. The van der Waals surface area contributed by atoms with Gasteiger partial charge < -0.3 is 4.74 Å². The highest BCUT2D eigenvalue weighted by molar-refractivity contribution is 5.40. The van der Waals surface area contributed by atoms with Crippen molar-refractivity contribution in [1.29, 1.82) is 5.26 Å². The van der Waals surface area contributed by atoms with Crippen molar-refractivity contribution in [3.8, 4) is 17.7 Å². The van der Waals surface area contributed by atoms with E-state index in [-0.39, 0.29) is 11.6 Å². The molecule has 0 amide bonds. The van der Waals surface area contributed by atoms with Gasteiger partial charge in [0.05, 0.1) is 16.6 Å². The van der Waals surface area contributed by atoms with Crippen molar-refractivity contribution in [2.24, 2.45) is 0 Å². The summed E-state index contributed by atoms with van der Waals surface area (Å²) in [5, 5.41) is 19.2. The van der Waals surface area contributed by atoms with Crippen LogP contribution in [0.4, 0.5) is 10.1 Å². The smallest absolute Gasteiger partial charge is 0.305 e. The van der Waals surface area contributed by atoms with E-state index in [0.717, 1.165) is 12.1 Å². The van der Waals surface area contributed by atoms with E-state index in [4.69, 9.17) is 10.00 Å². The minimum absolute atomic E-state index is 0.0608. The molecule has 0 spiro atoms. The van der Waals surface area contributed by atoms with Gasteiger partial charge in [0.15, 0.2) is 0 Å². The lowest BCUT2D eigenvalue weighted by Crippen LogP contribution is -1.94. The minimum Gasteiger partial charge on any atom is -0.439 e. The Morgan fingerprint density at radius 3 is 2.79 bits per heavy atom. The molecule has 19 heavy (non-hydrogen) atoms. The van der Waals surface area contributed by atoms with E-state index in [0.29, 0.717) is 5.56 Å². The number of benzene rings is 1. The summed E-state index contributed by atoms with van der Waals surface area (Å²) in [4.78, 5) is 13.5. The number of halogens is 1. The van der Waals surface area contributed by atoms with Crippen molar-refractivity contribution in [2.75, 3.05) is 0 Å². The first-order valence-corrected chi connectivity index (χ1v) is 5.08. The molecule has 0 aliphatic rings. The van der Waals surface area contributed by atoms with Gasteiger partial charge in [-0.2, -0.15) is 9.65 Å². The van der Waals surface area contributed by atoms with Crippen LogP contribution in [0, 0.1) is 27.3 Å². The number of pyridine rings is 1. The van der Waals surface area contributed by atoms with Crippen LogP contribution in [0.1, 0.15) is 5.56 Å². The second-order valence-corrected chi connectivity index (χ2v) is 3.47. The quantitative estimate of drug-likeness (QED) is 0.624. The fourth-order valence-electron chi connectivity index (χ4n) is 1.35. The molecule has 0 bridgehead atoms. The average molecular weight is 259 g/mol. The highest BCUT2D eigenvalue weighted by atomic mass is 19.1. The SMILES string of the molecule is N#Cc1ccnc(Oc2ccc([N+](=O)[O-])c(F)c2)c1. The maximum absolute atomic E-state index is 13.4. The molecule has 0 fully saturated rings. The number of hydrogen-bond donors (Lipinski definition) is 0. The highest BCUT2D eigenvalue weighted by Gasteiger charge is 2.14. The Kier molecular flexibility index (Phi) is 3.34. The van der Waals surface area contributed by atoms with Crippen molar-refractivity contribution in [3.63, 3.8) is 0 Å². The van der Waals surface area contributed by atoms with Crippen LogP contribution in [0.2, 0.25) is 0 Å². The fourth-order valence-corrected chi connectivity index (χ4v) is 1.35. The van der Waals surface area contributed by atoms with Crippen LogP contribution in [0.3, 0.4) is 0 Å². The van der Waals surface area contributed by atoms with E-state index in [2.05, 4.69) is 4.98 Å². The van der Waals surface area contributed by atoms with Gasteiger partial charge in [0.1, 0.15) is 5.75 Å². The molecular weight excluding hydrogens is 253 g/mol. The Morgan fingerprint density at radius 1 is 1.37 bits per heavy atom. The molecule has 1 aromatic heterocycles. The molecule has 0 saturated carbocycles. The molecule has 1 heterocycles. The van der Waals surface area contributed by atoms with E-state index in [1.807, 2.05) is 6.07 Å². The Morgan fingerprint density at radius 2 is 2.16 bits per heavy atom. The Bertz CT molecular complexity index is 682. The summed E-state index contributed by atoms with van der Waals surface area (Å²) in [6, 6.07) is 7.91. The van der Waals surface area contributed by atoms with Crippen LogP contribution in [-0.4, -0.2) is 9.91 Å². The standard InChI is InChI=1S/C12H6FN3O3/c13-10-6-9(1-2-11(10)16(17)18)19-12-5-8(7-14)3-4-15-12/h1-6H. The lowest BCUT2D eigenvalue weighted by atomic mass is 10.3. The van der Waals surface area contributed by atoms with E-state index in [1.165, 1.54) is 24.4 Å². The van der Waals surface area contributed by atoms with Crippen LogP contribution < -0.4 is 4.74 Å². The Balaban J connectivity index is 2.26. The van der Waals surface area contributed by atoms with Gasteiger partial charge in [0, 0.05) is 24.4 Å². The first-order chi connectivity index (χ1) is 9.10. The third kappa shape index (κ3) is 2.81. The summed E-state index contributed by atoms with van der Waals surface area (Å²) in [5.41, 5.74) is -0.293. The van der Waals surface area contributed by atoms with E-state index >= 15 is 0 Å². The minimum atomic E-state index is -1.00. The fraction of sp³-hybridized carbons (Fsp3) is 0. The second-order valence-electron chi connectivity index (χ2n) is 3.47. The molecule has 0 aliphatic heterocycles. The zero-order valence-corrected chi connectivity index (χ0v) is 9.41. The van der Waals surface area contributed by atoms with Gasteiger partial charge in [-0.3, -0.25) is 10.1 Å². The largest absolute Gasteiger partial charge is 0.439 e. The summed E-state index contributed by atoms with van der Waals surface area (Å²) in [7, 11) is 0.